The summed E-state index contributed by atoms with van der Waals surface area (Å²) in [5, 5.41) is 8.84. The molecule has 110 valence electrons. The van der Waals surface area contributed by atoms with Gasteiger partial charge in [0.1, 0.15) is 6.54 Å². The molecule has 0 bridgehead atoms. The number of benzene rings is 1. The third-order valence-electron chi connectivity index (χ3n) is 3.08. The summed E-state index contributed by atoms with van der Waals surface area (Å²) < 4.78 is 5.31. The summed E-state index contributed by atoms with van der Waals surface area (Å²) in [4.78, 5) is 28.3. The van der Waals surface area contributed by atoms with Gasteiger partial charge in [0.25, 0.3) is 5.91 Å². The molecule has 1 aromatic heterocycles. The van der Waals surface area contributed by atoms with Gasteiger partial charge >= 0.3 is 5.97 Å². The Morgan fingerprint density at radius 1 is 1.29 bits per heavy atom. The van der Waals surface area contributed by atoms with Crippen LogP contribution in [0.25, 0.3) is 11.3 Å². The average molecular weight is 288 g/mol. The molecule has 1 aromatic carbocycles. The Kier molecular flexibility index (Phi) is 4.37. The fourth-order valence-electron chi connectivity index (χ4n) is 1.95. The number of amides is 1. The van der Waals surface area contributed by atoms with Gasteiger partial charge < -0.3 is 14.4 Å². The first-order chi connectivity index (χ1) is 10.0. The molecule has 0 spiro atoms. The number of oxazole rings is 1. The van der Waals surface area contributed by atoms with Gasteiger partial charge in [0, 0.05) is 12.1 Å². The van der Waals surface area contributed by atoms with E-state index in [4.69, 9.17) is 9.52 Å². The lowest BCUT2D eigenvalue weighted by Crippen LogP contribution is -2.35. The molecule has 6 heteroatoms. The maximum atomic E-state index is 12.4. The topological polar surface area (TPSA) is 83.6 Å². The van der Waals surface area contributed by atoms with E-state index in [0.29, 0.717) is 5.76 Å². The van der Waals surface area contributed by atoms with Crippen molar-refractivity contribution in [1.29, 1.82) is 0 Å². The van der Waals surface area contributed by atoms with Gasteiger partial charge in [-0.1, -0.05) is 29.8 Å². The van der Waals surface area contributed by atoms with E-state index in [-0.39, 0.29) is 18.8 Å². The molecule has 0 saturated heterocycles. The first-order valence-corrected chi connectivity index (χ1v) is 6.54. The van der Waals surface area contributed by atoms with Crippen molar-refractivity contribution in [2.45, 2.75) is 13.8 Å². The first-order valence-electron chi connectivity index (χ1n) is 6.54. The highest BCUT2D eigenvalue weighted by atomic mass is 16.4. The van der Waals surface area contributed by atoms with Gasteiger partial charge in [-0.3, -0.25) is 9.59 Å². The fourth-order valence-corrected chi connectivity index (χ4v) is 1.95. The maximum absolute atomic E-state index is 12.4. The van der Waals surface area contributed by atoms with Crippen molar-refractivity contribution in [1.82, 2.24) is 9.88 Å². The lowest BCUT2D eigenvalue weighted by atomic mass is 10.1. The highest BCUT2D eigenvalue weighted by Crippen LogP contribution is 2.24. The van der Waals surface area contributed by atoms with Gasteiger partial charge in [0.2, 0.25) is 0 Å². The Bertz CT molecular complexity index is 646. The van der Waals surface area contributed by atoms with Gasteiger partial charge in [0.05, 0.1) is 0 Å². The molecule has 0 aliphatic heterocycles. The zero-order valence-corrected chi connectivity index (χ0v) is 11.9. The van der Waals surface area contributed by atoms with E-state index < -0.39 is 11.9 Å². The predicted octanol–water partition coefficient (Wildman–Crippen LogP) is 2.20. The molecule has 6 nitrogen and oxygen atoms in total. The molecule has 0 atom stereocenters. The number of aryl methyl sites for hydroxylation is 1. The molecule has 2 aromatic rings. The number of aromatic nitrogens is 1. The van der Waals surface area contributed by atoms with Gasteiger partial charge in [-0.15, -0.1) is 0 Å². The van der Waals surface area contributed by atoms with Crippen LogP contribution in [-0.4, -0.2) is 40.0 Å². The SMILES string of the molecule is CCN(CC(=O)O)C(=O)c1ncoc1-c1ccc(C)cc1. The molecule has 0 radical (unpaired) electrons. The van der Waals surface area contributed by atoms with Crippen LogP contribution in [0.3, 0.4) is 0 Å². The molecular formula is C15H16N2O4. The third-order valence-corrected chi connectivity index (χ3v) is 3.08. The maximum Gasteiger partial charge on any atom is 0.323 e. The lowest BCUT2D eigenvalue weighted by Gasteiger charge is -2.17. The van der Waals surface area contributed by atoms with Gasteiger partial charge in [-0.05, 0) is 13.8 Å². The van der Waals surface area contributed by atoms with Crippen molar-refractivity contribution in [3.63, 3.8) is 0 Å². The van der Waals surface area contributed by atoms with E-state index in [1.165, 1.54) is 11.3 Å². The number of hydrogen-bond acceptors (Lipinski definition) is 4. The summed E-state index contributed by atoms with van der Waals surface area (Å²) in [7, 11) is 0. The zero-order chi connectivity index (χ0) is 15.4. The molecule has 1 heterocycles. The summed E-state index contributed by atoms with van der Waals surface area (Å²) in [6, 6.07) is 7.47. The van der Waals surface area contributed by atoms with Crippen LogP contribution in [0.15, 0.2) is 35.1 Å². The standard InChI is InChI=1S/C15H16N2O4/c1-3-17(8-12(18)19)15(20)13-14(21-9-16-13)11-6-4-10(2)5-7-11/h4-7,9H,3,8H2,1-2H3,(H,18,19). The minimum absolute atomic E-state index is 0.127. The molecule has 1 N–H and O–H groups in total. The summed E-state index contributed by atoms with van der Waals surface area (Å²) in [5.74, 6) is -1.17. The molecule has 0 aliphatic rings. The van der Waals surface area contributed by atoms with E-state index >= 15 is 0 Å². The Morgan fingerprint density at radius 3 is 2.52 bits per heavy atom. The van der Waals surface area contributed by atoms with E-state index in [0.717, 1.165) is 11.1 Å². The molecule has 0 aliphatic carbocycles. The second kappa shape index (κ2) is 6.21. The minimum atomic E-state index is -1.06. The number of rotatable bonds is 5. The monoisotopic (exact) mass is 288 g/mol. The summed E-state index contributed by atoms with van der Waals surface area (Å²) in [6.07, 6.45) is 1.19. The van der Waals surface area contributed by atoms with Gasteiger partial charge in [-0.25, -0.2) is 4.98 Å². The molecule has 0 saturated carbocycles. The molecule has 0 fully saturated rings. The van der Waals surface area contributed by atoms with Crippen molar-refractivity contribution in [2.75, 3.05) is 13.1 Å². The van der Waals surface area contributed by atoms with Crippen molar-refractivity contribution < 1.29 is 19.1 Å². The predicted molar refractivity (Wildman–Crippen MR) is 75.9 cm³/mol. The summed E-state index contributed by atoms with van der Waals surface area (Å²) in [5.41, 5.74) is 1.95. The van der Waals surface area contributed by atoms with E-state index in [1.54, 1.807) is 6.92 Å². The Labute approximate surface area is 122 Å². The van der Waals surface area contributed by atoms with Crippen LogP contribution < -0.4 is 0 Å². The number of carbonyl (C=O) groups is 2. The molecule has 1 amide bonds. The highest BCUT2D eigenvalue weighted by Gasteiger charge is 2.24. The number of hydrogen-bond donors (Lipinski definition) is 1. The van der Waals surface area contributed by atoms with E-state index in [2.05, 4.69) is 4.98 Å². The average Bonchev–Trinajstić information content (AvgIpc) is 2.94. The second-order valence-corrected chi connectivity index (χ2v) is 4.61. The van der Waals surface area contributed by atoms with Gasteiger partial charge in [-0.2, -0.15) is 0 Å². The van der Waals surface area contributed by atoms with Crippen LogP contribution in [0, 0.1) is 6.92 Å². The molecule has 0 unspecified atom stereocenters. The molecule has 21 heavy (non-hydrogen) atoms. The number of carboxylic acid groups (broad SMARTS) is 1. The largest absolute Gasteiger partial charge is 0.480 e. The number of likely N-dealkylation sites (N-methyl/N-ethyl adjacent to an activating group) is 1. The van der Waals surface area contributed by atoms with Gasteiger partial charge in [0.15, 0.2) is 17.8 Å². The quantitative estimate of drug-likeness (QED) is 0.911. The summed E-state index contributed by atoms with van der Waals surface area (Å²) in [6.45, 7) is 3.59. The first kappa shape index (κ1) is 14.8. The van der Waals surface area contributed by atoms with E-state index in [1.807, 2.05) is 31.2 Å². The van der Waals surface area contributed by atoms with Crippen LogP contribution in [0.1, 0.15) is 23.0 Å². The molecule has 2 rings (SSSR count). The lowest BCUT2D eigenvalue weighted by molar-refractivity contribution is -0.137. The van der Waals surface area contributed by atoms with E-state index in [9.17, 15) is 9.59 Å². The second-order valence-electron chi connectivity index (χ2n) is 4.61. The Hall–Kier alpha value is -2.63. The highest BCUT2D eigenvalue weighted by molar-refractivity contribution is 5.98. The Balaban J connectivity index is 2.33. The zero-order valence-electron chi connectivity index (χ0n) is 11.9. The summed E-state index contributed by atoms with van der Waals surface area (Å²) >= 11 is 0. The van der Waals surface area contributed by atoms with Crippen LogP contribution in [-0.2, 0) is 4.79 Å². The number of carbonyl (C=O) groups excluding carboxylic acids is 1. The number of carboxylic acids is 1. The fraction of sp³-hybridized carbons (Fsp3) is 0.267. The third kappa shape index (κ3) is 3.28. The van der Waals surface area contributed by atoms with Crippen LogP contribution in [0.4, 0.5) is 0 Å². The van der Waals surface area contributed by atoms with Crippen molar-refractivity contribution in [2.24, 2.45) is 0 Å². The smallest absolute Gasteiger partial charge is 0.323 e. The normalized spacial score (nSPS) is 10.4. The number of aliphatic carboxylic acids is 1. The van der Waals surface area contributed by atoms with Crippen LogP contribution >= 0.6 is 0 Å². The van der Waals surface area contributed by atoms with Crippen molar-refractivity contribution >= 4 is 11.9 Å². The van der Waals surface area contributed by atoms with Crippen LogP contribution in [0.2, 0.25) is 0 Å². The molecular weight excluding hydrogens is 272 g/mol. The number of nitrogens with zero attached hydrogens (tertiary/aromatic N) is 2. The van der Waals surface area contributed by atoms with Crippen LogP contribution in [0.5, 0.6) is 0 Å². The van der Waals surface area contributed by atoms with Crippen molar-refractivity contribution in [3.05, 3.63) is 41.9 Å². The van der Waals surface area contributed by atoms with Crippen molar-refractivity contribution in [3.8, 4) is 11.3 Å². The minimum Gasteiger partial charge on any atom is -0.480 e. The Morgan fingerprint density at radius 2 is 1.95 bits per heavy atom.